The Bertz CT molecular complexity index is 969. The van der Waals surface area contributed by atoms with Crippen molar-refractivity contribution in [3.63, 3.8) is 0 Å². The van der Waals surface area contributed by atoms with Gasteiger partial charge < -0.3 is 20.5 Å². The summed E-state index contributed by atoms with van der Waals surface area (Å²) < 4.78 is 82.3. The van der Waals surface area contributed by atoms with E-state index in [1.165, 1.54) is 6.20 Å². The lowest BCUT2D eigenvalue weighted by atomic mass is 9.64. The zero-order valence-electron chi connectivity index (χ0n) is 17.6. The van der Waals surface area contributed by atoms with Crippen LogP contribution < -0.4 is 15.4 Å². The van der Waals surface area contributed by atoms with E-state index in [1.807, 2.05) is 0 Å². The Morgan fingerprint density at radius 1 is 1.15 bits per heavy atom. The van der Waals surface area contributed by atoms with Gasteiger partial charge in [-0.15, -0.1) is 0 Å². The number of rotatable bonds is 8. The molecule has 2 heterocycles. The van der Waals surface area contributed by atoms with Crippen molar-refractivity contribution in [1.29, 1.82) is 0 Å². The largest absolute Gasteiger partial charge is 0.477 e. The van der Waals surface area contributed by atoms with Gasteiger partial charge in [0.15, 0.2) is 0 Å². The highest BCUT2D eigenvalue weighted by Crippen LogP contribution is 2.43. The first kappa shape index (κ1) is 24.7. The summed E-state index contributed by atoms with van der Waals surface area (Å²) in [6.07, 6.45) is -7.65. The Labute approximate surface area is 184 Å². The van der Waals surface area contributed by atoms with E-state index < -0.39 is 54.3 Å². The van der Waals surface area contributed by atoms with Gasteiger partial charge in [0.2, 0.25) is 11.8 Å². The van der Waals surface area contributed by atoms with Gasteiger partial charge in [0, 0.05) is 30.4 Å². The minimum absolute atomic E-state index is 0.0998. The van der Waals surface area contributed by atoms with Crippen LogP contribution in [-0.2, 0) is 12.7 Å². The van der Waals surface area contributed by atoms with Crippen LogP contribution in [0.4, 0.5) is 38.1 Å². The number of aliphatic hydroxyl groups excluding tert-OH is 1. The van der Waals surface area contributed by atoms with Gasteiger partial charge in [0.05, 0.1) is 24.7 Å². The molecule has 1 aliphatic carbocycles. The van der Waals surface area contributed by atoms with Crippen LogP contribution in [-0.4, -0.2) is 50.0 Å². The molecule has 2 atom stereocenters. The molecule has 8 nitrogen and oxygen atoms in total. The lowest BCUT2D eigenvalue weighted by molar-refractivity contribution is -0.140. The molecule has 0 bridgehead atoms. The number of alkyl halides is 6. The van der Waals surface area contributed by atoms with E-state index in [9.17, 15) is 31.4 Å². The van der Waals surface area contributed by atoms with E-state index in [0.717, 1.165) is 6.33 Å². The van der Waals surface area contributed by atoms with Crippen molar-refractivity contribution < 1.29 is 36.2 Å². The summed E-state index contributed by atoms with van der Waals surface area (Å²) in [5.41, 5.74) is -1.45. The number of nitrogens with one attached hydrogen (secondary N) is 2. The molecule has 1 fully saturated rings. The van der Waals surface area contributed by atoms with E-state index in [4.69, 9.17) is 4.74 Å². The summed E-state index contributed by atoms with van der Waals surface area (Å²) in [6.45, 7) is 2.69. The molecule has 2 aromatic rings. The molecule has 0 radical (unpaired) electrons. The molecule has 0 unspecified atom stereocenters. The van der Waals surface area contributed by atoms with E-state index in [2.05, 4.69) is 30.6 Å². The number of ether oxygens (including phenoxy) is 1. The van der Waals surface area contributed by atoms with Crippen molar-refractivity contribution >= 4 is 11.8 Å². The number of aliphatic hydroxyl groups is 1. The van der Waals surface area contributed by atoms with Crippen molar-refractivity contribution in [1.82, 2.24) is 19.9 Å². The smallest absolute Gasteiger partial charge is 0.421 e. The summed E-state index contributed by atoms with van der Waals surface area (Å²) in [6, 6.07) is -0.437. The molecule has 1 aliphatic rings. The minimum Gasteiger partial charge on any atom is -0.477 e. The lowest BCUT2D eigenvalue weighted by Crippen LogP contribution is -2.57. The lowest BCUT2D eigenvalue weighted by Gasteiger charge is -2.49. The molecule has 3 N–H and O–H groups in total. The van der Waals surface area contributed by atoms with E-state index >= 15 is 0 Å². The van der Waals surface area contributed by atoms with Gasteiger partial charge in [-0.25, -0.2) is 15.0 Å². The van der Waals surface area contributed by atoms with Gasteiger partial charge in [-0.3, -0.25) is 0 Å². The van der Waals surface area contributed by atoms with Crippen LogP contribution in [0.1, 0.15) is 37.8 Å². The average molecular weight is 480 g/mol. The Morgan fingerprint density at radius 2 is 1.88 bits per heavy atom. The van der Waals surface area contributed by atoms with Gasteiger partial charge in [-0.05, 0) is 6.42 Å². The predicted octanol–water partition coefficient (Wildman–Crippen LogP) is 3.80. The van der Waals surface area contributed by atoms with Gasteiger partial charge >= 0.3 is 12.4 Å². The third-order valence-electron chi connectivity index (χ3n) is 5.43. The molecule has 0 saturated heterocycles. The van der Waals surface area contributed by atoms with Gasteiger partial charge in [-0.1, -0.05) is 13.8 Å². The van der Waals surface area contributed by atoms with Crippen LogP contribution in [0, 0.1) is 5.41 Å². The third-order valence-corrected chi connectivity index (χ3v) is 5.43. The SMILES string of the molecule is CC1(C)[C@@H](O)C[C@H]1Nc1nc(NCc2cncnc2OCCC(F)(F)F)ncc1C(F)(F)F. The number of halogens is 6. The zero-order valence-corrected chi connectivity index (χ0v) is 17.6. The second kappa shape index (κ2) is 9.15. The van der Waals surface area contributed by atoms with Crippen LogP contribution in [0.2, 0.25) is 0 Å². The average Bonchev–Trinajstić information content (AvgIpc) is 2.71. The molecular weight excluding hydrogens is 458 g/mol. The van der Waals surface area contributed by atoms with Crippen LogP contribution in [0.3, 0.4) is 0 Å². The highest BCUT2D eigenvalue weighted by atomic mass is 19.4. The summed E-state index contributed by atoms with van der Waals surface area (Å²) in [4.78, 5) is 15.2. The van der Waals surface area contributed by atoms with Crippen LogP contribution >= 0.6 is 0 Å². The van der Waals surface area contributed by atoms with Crippen molar-refractivity contribution in [3.8, 4) is 5.88 Å². The molecule has 0 aromatic carbocycles. The summed E-state index contributed by atoms with van der Waals surface area (Å²) in [5, 5.41) is 15.3. The van der Waals surface area contributed by atoms with Crippen LogP contribution in [0.15, 0.2) is 18.7 Å². The first-order valence-electron chi connectivity index (χ1n) is 9.88. The number of nitrogens with zero attached hydrogens (tertiary/aromatic N) is 4. The third kappa shape index (κ3) is 6.12. The molecule has 0 amide bonds. The van der Waals surface area contributed by atoms with Crippen molar-refractivity contribution in [3.05, 3.63) is 29.8 Å². The maximum Gasteiger partial charge on any atom is 0.421 e. The Hall–Kier alpha value is -2.90. The van der Waals surface area contributed by atoms with Gasteiger partial charge in [0.25, 0.3) is 0 Å². The molecule has 0 spiro atoms. The van der Waals surface area contributed by atoms with Crippen molar-refractivity contribution in [2.75, 3.05) is 17.2 Å². The van der Waals surface area contributed by atoms with Crippen LogP contribution in [0.25, 0.3) is 0 Å². The molecule has 3 rings (SSSR count). The maximum atomic E-state index is 13.4. The predicted molar refractivity (Wildman–Crippen MR) is 104 cm³/mol. The summed E-state index contributed by atoms with van der Waals surface area (Å²) in [5.74, 6) is -0.707. The monoisotopic (exact) mass is 480 g/mol. The number of hydrogen-bond acceptors (Lipinski definition) is 8. The Kier molecular flexibility index (Phi) is 6.86. The second-order valence-electron chi connectivity index (χ2n) is 8.14. The molecular formula is C19H22F6N6O2. The first-order valence-corrected chi connectivity index (χ1v) is 9.88. The summed E-state index contributed by atoms with van der Waals surface area (Å²) >= 11 is 0. The fraction of sp³-hybridized carbons (Fsp3) is 0.579. The Balaban J connectivity index is 1.73. The summed E-state index contributed by atoms with van der Waals surface area (Å²) in [7, 11) is 0. The number of hydrogen-bond donors (Lipinski definition) is 3. The second-order valence-corrected chi connectivity index (χ2v) is 8.14. The number of aromatic nitrogens is 4. The quantitative estimate of drug-likeness (QED) is 0.490. The molecule has 33 heavy (non-hydrogen) atoms. The minimum atomic E-state index is -4.71. The highest BCUT2D eigenvalue weighted by Gasteiger charge is 2.48. The van der Waals surface area contributed by atoms with Gasteiger partial charge in [0.1, 0.15) is 17.7 Å². The normalized spacial score (nSPS) is 20.2. The van der Waals surface area contributed by atoms with E-state index in [1.54, 1.807) is 13.8 Å². The fourth-order valence-corrected chi connectivity index (χ4v) is 3.13. The zero-order chi connectivity index (χ0) is 24.4. The highest BCUT2D eigenvalue weighted by molar-refractivity contribution is 5.50. The topological polar surface area (TPSA) is 105 Å². The van der Waals surface area contributed by atoms with Gasteiger partial charge in [-0.2, -0.15) is 31.3 Å². The first-order chi connectivity index (χ1) is 15.3. The fourth-order valence-electron chi connectivity index (χ4n) is 3.13. The Morgan fingerprint density at radius 3 is 2.48 bits per heavy atom. The molecule has 0 aliphatic heterocycles. The molecule has 1 saturated carbocycles. The van der Waals surface area contributed by atoms with Crippen LogP contribution in [0.5, 0.6) is 5.88 Å². The van der Waals surface area contributed by atoms with E-state index in [-0.39, 0.29) is 30.4 Å². The standard InChI is InChI=1S/C19H22F6N6O2/c1-17(2)12(5-13(17)32)30-14-11(19(23,24)25)8-28-16(31-14)27-7-10-6-26-9-29-15(10)33-4-3-18(20,21)22/h6,8-9,12-13,32H,3-5,7H2,1-2H3,(H2,27,28,30,31)/t12-,13+/m1/s1. The molecule has 2 aromatic heterocycles. The molecule has 14 heteroatoms. The van der Waals surface area contributed by atoms with E-state index in [0.29, 0.717) is 6.20 Å². The van der Waals surface area contributed by atoms with Crippen molar-refractivity contribution in [2.24, 2.45) is 5.41 Å². The maximum absolute atomic E-state index is 13.4. The van der Waals surface area contributed by atoms with Crippen molar-refractivity contribution in [2.45, 2.75) is 57.7 Å². The number of anilines is 2. The molecule has 182 valence electrons.